The maximum atomic E-state index is 6.74. The van der Waals surface area contributed by atoms with E-state index in [-0.39, 0.29) is 5.54 Å². The van der Waals surface area contributed by atoms with E-state index in [1.165, 1.54) is 12.8 Å². The molecule has 1 aliphatic rings. The zero-order valence-corrected chi connectivity index (χ0v) is 12.2. The zero-order valence-electron chi connectivity index (χ0n) is 12.2. The van der Waals surface area contributed by atoms with Crippen LogP contribution in [0.25, 0.3) is 0 Å². The maximum Gasteiger partial charge on any atom is 0.127 e. The molecule has 1 aromatic carbocycles. The van der Waals surface area contributed by atoms with E-state index in [2.05, 4.69) is 6.92 Å². The summed E-state index contributed by atoms with van der Waals surface area (Å²) in [5.41, 5.74) is 7.44. The summed E-state index contributed by atoms with van der Waals surface area (Å²) < 4.78 is 11.0. The maximum absolute atomic E-state index is 6.74. The lowest BCUT2D eigenvalue weighted by Crippen LogP contribution is -2.37. The summed E-state index contributed by atoms with van der Waals surface area (Å²) >= 11 is 0. The summed E-state index contributed by atoms with van der Waals surface area (Å²) in [4.78, 5) is 0. The Labute approximate surface area is 116 Å². The zero-order chi connectivity index (χ0) is 13.9. The quantitative estimate of drug-likeness (QED) is 0.849. The van der Waals surface area contributed by atoms with Crippen molar-refractivity contribution in [2.75, 3.05) is 14.2 Å². The van der Waals surface area contributed by atoms with E-state index in [0.29, 0.717) is 0 Å². The van der Waals surface area contributed by atoms with Crippen molar-refractivity contribution in [3.8, 4) is 11.5 Å². The van der Waals surface area contributed by atoms with E-state index in [1.54, 1.807) is 14.2 Å². The van der Waals surface area contributed by atoms with Crippen molar-refractivity contribution in [1.29, 1.82) is 0 Å². The molecule has 1 fully saturated rings. The molecule has 1 saturated carbocycles. The van der Waals surface area contributed by atoms with Gasteiger partial charge in [0, 0.05) is 5.54 Å². The molecule has 2 unspecified atom stereocenters. The molecule has 0 heterocycles. The van der Waals surface area contributed by atoms with Gasteiger partial charge in [-0.2, -0.15) is 0 Å². The molecular weight excluding hydrogens is 238 g/mol. The Morgan fingerprint density at radius 2 is 1.74 bits per heavy atom. The van der Waals surface area contributed by atoms with Crippen molar-refractivity contribution in [1.82, 2.24) is 0 Å². The molecule has 0 saturated heterocycles. The van der Waals surface area contributed by atoms with E-state index >= 15 is 0 Å². The van der Waals surface area contributed by atoms with Crippen LogP contribution in [-0.4, -0.2) is 14.2 Å². The lowest BCUT2D eigenvalue weighted by molar-refractivity contribution is 0.321. The van der Waals surface area contributed by atoms with E-state index in [1.807, 2.05) is 18.2 Å². The van der Waals surface area contributed by atoms with Crippen molar-refractivity contribution < 1.29 is 9.47 Å². The Morgan fingerprint density at radius 1 is 1.11 bits per heavy atom. The lowest BCUT2D eigenvalue weighted by Gasteiger charge is -2.31. The van der Waals surface area contributed by atoms with Gasteiger partial charge in [0.1, 0.15) is 11.5 Å². The Bertz CT molecular complexity index is 411. The number of rotatable bonds is 3. The van der Waals surface area contributed by atoms with Gasteiger partial charge >= 0.3 is 0 Å². The molecule has 1 aliphatic carbocycles. The molecule has 0 bridgehead atoms. The summed E-state index contributed by atoms with van der Waals surface area (Å²) in [5.74, 6) is 2.44. The summed E-state index contributed by atoms with van der Waals surface area (Å²) in [6.45, 7) is 2.31. The van der Waals surface area contributed by atoms with Gasteiger partial charge in [-0.25, -0.2) is 0 Å². The number of methoxy groups -OCH3 is 2. The van der Waals surface area contributed by atoms with Crippen LogP contribution in [0.1, 0.15) is 44.6 Å². The van der Waals surface area contributed by atoms with Gasteiger partial charge in [-0.05, 0) is 37.3 Å². The van der Waals surface area contributed by atoms with E-state index in [9.17, 15) is 0 Å². The van der Waals surface area contributed by atoms with E-state index < -0.39 is 0 Å². The van der Waals surface area contributed by atoms with Crippen LogP contribution < -0.4 is 15.2 Å². The first-order chi connectivity index (χ1) is 9.10. The molecule has 0 spiro atoms. The van der Waals surface area contributed by atoms with Crippen molar-refractivity contribution in [3.63, 3.8) is 0 Å². The minimum absolute atomic E-state index is 0.331. The lowest BCUT2D eigenvalue weighted by atomic mass is 9.82. The summed E-state index contributed by atoms with van der Waals surface area (Å²) in [6, 6.07) is 5.89. The number of nitrogens with two attached hydrogens (primary N) is 1. The highest BCUT2D eigenvalue weighted by Gasteiger charge is 2.35. The van der Waals surface area contributed by atoms with Crippen molar-refractivity contribution in [3.05, 3.63) is 23.8 Å². The third-order valence-electron chi connectivity index (χ3n) is 4.33. The van der Waals surface area contributed by atoms with Crippen LogP contribution in [0.5, 0.6) is 11.5 Å². The molecular formula is C16H25NO2. The highest BCUT2D eigenvalue weighted by atomic mass is 16.5. The Morgan fingerprint density at radius 3 is 2.32 bits per heavy atom. The van der Waals surface area contributed by atoms with Crippen molar-refractivity contribution in [2.24, 2.45) is 11.7 Å². The molecule has 2 rings (SSSR count). The van der Waals surface area contributed by atoms with Crippen molar-refractivity contribution >= 4 is 0 Å². The highest BCUT2D eigenvalue weighted by Crippen LogP contribution is 2.44. The van der Waals surface area contributed by atoms with Crippen LogP contribution in [-0.2, 0) is 5.54 Å². The van der Waals surface area contributed by atoms with Gasteiger partial charge in [0.2, 0.25) is 0 Å². The fraction of sp³-hybridized carbons (Fsp3) is 0.625. The van der Waals surface area contributed by atoms with Gasteiger partial charge in [-0.3, -0.25) is 0 Å². The van der Waals surface area contributed by atoms with Crippen molar-refractivity contribution in [2.45, 2.75) is 44.6 Å². The first-order valence-electron chi connectivity index (χ1n) is 7.11. The number of hydrogen-bond donors (Lipinski definition) is 1. The molecule has 0 aliphatic heterocycles. The predicted octanol–water partition coefficient (Wildman–Crippen LogP) is 3.46. The number of benzene rings is 1. The second-order valence-corrected chi connectivity index (χ2v) is 5.73. The third kappa shape index (κ3) is 2.86. The first kappa shape index (κ1) is 14.2. The largest absolute Gasteiger partial charge is 0.496 e. The normalized spacial score (nSPS) is 27.7. The van der Waals surface area contributed by atoms with Gasteiger partial charge in [0.05, 0.1) is 19.8 Å². The standard InChI is InChI=1S/C16H25NO2/c1-12-6-5-10-16(17,11-9-12)15-13(18-2)7-4-8-14(15)19-3/h4,7-8,12H,5-6,9-11,17H2,1-3H3. The molecule has 0 aromatic heterocycles. The average molecular weight is 263 g/mol. The van der Waals surface area contributed by atoms with Crippen LogP contribution in [0.4, 0.5) is 0 Å². The molecule has 19 heavy (non-hydrogen) atoms. The van der Waals surface area contributed by atoms with Gasteiger partial charge in [-0.15, -0.1) is 0 Å². The monoisotopic (exact) mass is 263 g/mol. The summed E-state index contributed by atoms with van der Waals surface area (Å²) in [6.07, 6.45) is 5.58. The third-order valence-corrected chi connectivity index (χ3v) is 4.33. The molecule has 0 amide bonds. The SMILES string of the molecule is COc1cccc(OC)c1C1(N)CCCC(C)CC1. The summed E-state index contributed by atoms with van der Waals surface area (Å²) in [5, 5.41) is 0. The first-order valence-corrected chi connectivity index (χ1v) is 7.11. The van der Waals surface area contributed by atoms with Gasteiger partial charge < -0.3 is 15.2 Å². The molecule has 2 N–H and O–H groups in total. The minimum atomic E-state index is -0.331. The molecule has 106 valence electrons. The fourth-order valence-corrected chi connectivity index (χ4v) is 3.13. The molecule has 2 atom stereocenters. The van der Waals surface area contributed by atoms with Crippen LogP contribution in [0.3, 0.4) is 0 Å². The Hall–Kier alpha value is -1.22. The second kappa shape index (κ2) is 5.83. The topological polar surface area (TPSA) is 44.5 Å². The van der Waals surface area contributed by atoms with Crippen LogP contribution in [0.15, 0.2) is 18.2 Å². The molecule has 1 aromatic rings. The molecule has 0 radical (unpaired) electrons. The van der Waals surface area contributed by atoms with Gasteiger partial charge in [-0.1, -0.05) is 25.8 Å². The Balaban J connectivity index is 2.43. The minimum Gasteiger partial charge on any atom is -0.496 e. The molecule has 3 heteroatoms. The predicted molar refractivity (Wildman–Crippen MR) is 77.7 cm³/mol. The fourth-order valence-electron chi connectivity index (χ4n) is 3.13. The van der Waals surface area contributed by atoms with Crippen LogP contribution >= 0.6 is 0 Å². The Kier molecular flexibility index (Phi) is 4.35. The second-order valence-electron chi connectivity index (χ2n) is 5.73. The highest BCUT2D eigenvalue weighted by molar-refractivity contribution is 5.49. The van der Waals surface area contributed by atoms with E-state index in [4.69, 9.17) is 15.2 Å². The molecule has 3 nitrogen and oxygen atoms in total. The van der Waals surface area contributed by atoms with E-state index in [0.717, 1.165) is 42.2 Å². The van der Waals surface area contributed by atoms with Crippen LogP contribution in [0.2, 0.25) is 0 Å². The van der Waals surface area contributed by atoms with Crippen LogP contribution in [0, 0.1) is 5.92 Å². The van der Waals surface area contributed by atoms with Gasteiger partial charge in [0.25, 0.3) is 0 Å². The average Bonchev–Trinajstić information content (AvgIpc) is 2.60. The number of hydrogen-bond acceptors (Lipinski definition) is 3. The number of ether oxygens (including phenoxy) is 2. The smallest absolute Gasteiger partial charge is 0.127 e. The van der Waals surface area contributed by atoms with Gasteiger partial charge in [0.15, 0.2) is 0 Å². The summed E-state index contributed by atoms with van der Waals surface area (Å²) in [7, 11) is 3.39.